The summed E-state index contributed by atoms with van der Waals surface area (Å²) >= 11 is 12.5. The Kier molecular flexibility index (Phi) is 3.78. The smallest absolute Gasteiger partial charge is 0.133 e. The topological polar surface area (TPSA) is 29.9 Å². The molecule has 24 heavy (non-hydrogen) atoms. The second kappa shape index (κ2) is 5.83. The number of hydrogen-bond donors (Lipinski definition) is 1. The van der Waals surface area contributed by atoms with Gasteiger partial charge in [0, 0.05) is 22.7 Å². The molecule has 1 aliphatic heterocycles. The van der Waals surface area contributed by atoms with Crippen LogP contribution in [0.4, 0.5) is 5.82 Å². The summed E-state index contributed by atoms with van der Waals surface area (Å²) in [6, 6.07) is 11.9. The fourth-order valence-electron chi connectivity index (χ4n) is 3.21. The van der Waals surface area contributed by atoms with Gasteiger partial charge in [0.2, 0.25) is 0 Å². The number of aromatic nitrogens is 2. The van der Waals surface area contributed by atoms with Crippen LogP contribution in [-0.4, -0.2) is 16.3 Å². The van der Waals surface area contributed by atoms with Crippen molar-refractivity contribution >= 4 is 29.0 Å². The summed E-state index contributed by atoms with van der Waals surface area (Å²) in [6.07, 6.45) is 0.939. The molecule has 0 unspecified atom stereocenters. The van der Waals surface area contributed by atoms with Gasteiger partial charge in [0.1, 0.15) is 5.82 Å². The average Bonchev–Trinajstić information content (AvgIpc) is 3.13. The largest absolute Gasteiger partial charge is 0.369 e. The van der Waals surface area contributed by atoms with Gasteiger partial charge in [-0.1, -0.05) is 35.3 Å². The molecule has 5 heteroatoms. The molecule has 2 aromatic carbocycles. The van der Waals surface area contributed by atoms with Crippen LogP contribution in [0, 0.1) is 13.8 Å². The maximum Gasteiger partial charge on any atom is 0.133 e. The first-order valence-electron chi connectivity index (χ1n) is 7.94. The molecule has 4 rings (SSSR count). The highest BCUT2D eigenvalue weighted by Gasteiger charge is 2.25. The van der Waals surface area contributed by atoms with Crippen molar-refractivity contribution in [1.82, 2.24) is 9.78 Å². The molecule has 3 aromatic rings. The summed E-state index contributed by atoms with van der Waals surface area (Å²) in [5.41, 5.74) is 6.63. The summed E-state index contributed by atoms with van der Waals surface area (Å²) in [7, 11) is 0. The molecule has 0 saturated heterocycles. The Balaban J connectivity index is 1.94. The Labute approximate surface area is 151 Å². The number of hydrogen-bond acceptors (Lipinski definition) is 2. The van der Waals surface area contributed by atoms with Crippen LogP contribution in [0.5, 0.6) is 0 Å². The molecule has 0 spiro atoms. The number of nitrogens with zero attached hydrogens (tertiary/aromatic N) is 2. The van der Waals surface area contributed by atoms with Crippen LogP contribution in [0.25, 0.3) is 16.9 Å². The van der Waals surface area contributed by atoms with Crippen molar-refractivity contribution in [2.75, 3.05) is 11.9 Å². The molecule has 0 saturated carbocycles. The van der Waals surface area contributed by atoms with E-state index in [0.29, 0.717) is 10.0 Å². The van der Waals surface area contributed by atoms with Crippen molar-refractivity contribution in [2.45, 2.75) is 20.3 Å². The van der Waals surface area contributed by atoms with E-state index in [4.69, 9.17) is 28.3 Å². The van der Waals surface area contributed by atoms with E-state index in [2.05, 4.69) is 37.4 Å². The van der Waals surface area contributed by atoms with Gasteiger partial charge in [-0.15, -0.1) is 0 Å². The van der Waals surface area contributed by atoms with Gasteiger partial charge < -0.3 is 5.32 Å². The first-order valence-corrected chi connectivity index (χ1v) is 8.69. The van der Waals surface area contributed by atoms with Crippen molar-refractivity contribution in [2.24, 2.45) is 0 Å². The zero-order valence-electron chi connectivity index (χ0n) is 13.5. The van der Waals surface area contributed by atoms with Gasteiger partial charge in [-0.2, -0.15) is 5.10 Å². The predicted octanol–water partition coefficient (Wildman–Crippen LogP) is 5.43. The number of halogens is 2. The number of rotatable bonds is 2. The third-order valence-electron chi connectivity index (χ3n) is 4.64. The molecule has 0 radical (unpaired) electrons. The van der Waals surface area contributed by atoms with Crippen molar-refractivity contribution in [3.8, 4) is 16.9 Å². The SMILES string of the molecule is Cc1cccc(-n2nc(-c3ccc(Cl)cc3Cl)c3c2NCC3)c1C. The van der Waals surface area contributed by atoms with Gasteiger partial charge in [-0.25, -0.2) is 4.68 Å². The van der Waals surface area contributed by atoms with Gasteiger partial charge in [-0.3, -0.25) is 0 Å². The van der Waals surface area contributed by atoms with Crippen LogP contribution in [0.2, 0.25) is 10.0 Å². The Bertz CT molecular complexity index is 944. The lowest BCUT2D eigenvalue weighted by Gasteiger charge is -2.11. The summed E-state index contributed by atoms with van der Waals surface area (Å²) in [6.45, 7) is 5.16. The van der Waals surface area contributed by atoms with E-state index in [9.17, 15) is 0 Å². The Hall–Kier alpha value is -1.97. The van der Waals surface area contributed by atoms with Crippen molar-refractivity contribution in [3.05, 3.63) is 63.1 Å². The normalized spacial score (nSPS) is 13.0. The van der Waals surface area contributed by atoms with E-state index < -0.39 is 0 Å². The maximum atomic E-state index is 6.42. The lowest BCUT2D eigenvalue weighted by molar-refractivity contribution is 0.873. The van der Waals surface area contributed by atoms with Crippen molar-refractivity contribution in [1.29, 1.82) is 0 Å². The Morgan fingerprint density at radius 2 is 1.96 bits per heavy atom. The lowest BCUT2D eigenvalue weighted by atomic mass is 10.1. The van der Waals surface area contributed by atoms with E-state index in [1.807, 2.05) is 16.8 Å². The van der Waals surface area contributed by atoms with Gasteiger partial charge in [-0.05, 0) is 55.7 Å². The van der Waals surface area contributed by atoms with E-state index in [-0.39, 0.29) is 0 Å². The second-order valence-electron chi connectivity index (χ2n) is 6.11. The van der Waals surface area contributed by atoms with Crippen LogP contribution >= 0.6 is 23.2 Å². The monoisotopic (exact) mass is 357 g/mol. The Morgan fingerprint density at radius 3 is 2.75 bits per heavy atom. The molecular weight excluding hydrogens is 341 g/mol. The second-order valence-corrected chi connectivity index (χ2v) is 6.95. The van der Waals surface area contributed by atoms with E-state index in [0.717, 1.165) is 35.7 Å². The number of fused-ring (bicyclic) bond motifs is 1. The fraction of sp³-hybridized carbons (Fsp3) is 0.211. The molecule has 1 N–H and O–H groups in total. The lowest BCUT2D eigenvalue weighted by Crippen LogP contribution is -2.06. The molecule has 0 amide bonds. The number of benzene rings is 2. The van der Waals surface area contributed by atoms with E-state index in [1.165, 1.54) is 16.7 Å². The highest BCUT2D eigenvalue weighted by molar-refractivity contribution is 6.36. The van der Waals surface area contributed by atoms with Gasteiger partial charge in [0.25, 0.3) is 0 Å². The molecular formula is C19H17Cl2N3. The number of nitrogens with one attached hydrogen (secondary N) is 1. The molecule has 3 nitrogen and oxygen atoms in total. The minimum atomic E-state index is 0.628. The summed E-state index contributed by atoms with van der Waals surface area (Å²) in [4.78, 5) is 0. The average molecular weight is 358 g/mol. The summed E-state index contributed by atoms with van der Waals surface area (Å²) in [5, 5.41) is 9.62. The third-order valence-corrected chi connectivity index (χ3v) is 5.19. The summed E-state index contributed by atoms with van der Waals surface area (Å²) < 4.78 is 2.00. The molecule has 0 atom stereocenters. The third kappa shape index (κ3) is 2.40. The quantitative estimate of drug-likeness (QED) is 0.662. The zero-order valence-corrected chi connectivity index (χ0v) is 15.0. The molecule has 0 fully saturated rings. The molecule has 122 valence electrons. The van der Waals surface area contributed by atoms with Crippen molar-refractivity contribution < 1.29 is 0 Å². The van der Waals surface area contributed by atoms with E-state index in [1.54, 1.807) is 6.07 Å². The standard InChI is InChI=1S/C19H17Cl2N3/c1-11-4-3-5-17(12(11)2)24-19-15(8-9-22-19)18(23-24)14-7-6-13(20)10-16(14)21/h3-7,10,22H,8-9H2,1-2H3. The fourth-order valence-corrected chi connectivity index (χ4v) is 3.71. The minimum absolute atomic E-state index is 0.628. The van der Waals surface area contributed by atoms with Crippen molar-refractivity contribution in [3.63, 3.8) is 0 Å². The molecule has 2 heterocycles. The molecule has 1 aromatic heterocycles. The molecule has 0 aliphatic carbocycles. The number of aryl methyl sites for hydroxylation is 1. The minimum Gasteiger partial charge on any atom is -0.369 e. The van der Waals surface area contributed by atoms with Crippen LogP contribution in [0.15, 0.2) is 36.4 Å². The van der Waals surface area contributed by atoms with Gasteiger partial charge in [0.05, 0.1) is 16.4 Å². The maximum absolute atomic E-state index is 6.42. The molecule has 1 aliphatic rings. The van der Waals surface area contributed by atoms with Crippen LogP contribution in [0.3, 0.4) is 0 Å². The highest BCUT2D eigenvalue weighted by Crippen LogP contribution is 2.38. The van der Waals surface area contributed by atoms with Gasteiger partial charge >= 0.3 is 0 Å². The first-order chi connectivity index (χ1) is 11.6. The summed E-state index contributed by atoms with van der Waals surface area (Å²) in [5.74, 6) is 1.06. The highest BCUT2D eigenvalue weighted by atomic mass is 35.5. The predicted molar refractivity (Wildman–Crippen MR) is 101 cm³/mol. The Morgan fingerprint density at radius 1 is 1.12 bits per heavy atom. The van der Waals surface area contributed by atoms with Crippen LogP contribution in [0.1, 0.15) is 16.7 Å². The zero-order chi connectivity index (χ0) is 16.8. The van der Waals surface area contributed by atoms with Crippen LogP contribution < -0.4 is 5.32 Å². The molecule has 0 bridgehead atoms. The van der Waals surface area contributed by atoms with E-state index >= 15 is 0 Å². The first kappa shape index (κ1) is 15.6. The number of anilines is 1. The van der Waals surface area contributed by atoms with Crippen LogP contribution in [-0.2, 0) is 6.42 Å². The van der Waals surface area contributed by atoms with Gasteiger partial charge in [0.15, 0.2) is 0 Å².